The van der Waals surface area contributed by atoms with Crippen molar-refractivity contribution in [3.8, 4) is 0 Å². The van der Waals surface area contributed by atoms with Gasteiger partial charge < -0.3 is 31.9 Å². The normalized spacial score (nSPS) is 12.9. The number of carboxylic acid groups (broad SMARTS) is 3. The maximum absolute atomic E-state index is 9.85. The highest BCUT2D eigenvalue weighted by Crippen LogP contribution is 1.86. The molecule has 0 amide bonds. The molecule has 0 fully saturated rings. The number of aliphatic carboxylic acids is 3. The third-order valence-electron chi connectivity index (χ3n) is 1.23. The van der Waals surface area contributed by atoms with Crippen LogP contribution in [0.15, 0.2) is 0 Å². The topological polar surface area (TPSA) is 184 Å². The van der Waals surface area contributed by atoms with Crippen molar-refractivity contribution >= 4 is 17.9 Å². The van der Waals surface area contributed by atoms with Crippen LogP contribution in [-0.4, -0.2) is 57.0 Å². The second kappa shape index (κ2) is 8.59. The number of carboxylic acids is 3. The molecule has 0 spiro atoms. The summed E-state index contributed by atoms with van der Waals surface area (Å²) in [6.07, 6.45) is -0.532. The fourth-order valence-corrected chi connectivity index (χ4v) is 0.354. The number of hydrogen-bond donors (Lipinski definition) is 6. The van der Waals surface area contributed by atoms with Gasteiger partial charge in [0.15, 0.2) is 0 Å². The van der Waals surface area contributed by atoms with E-state index in [2.05, 4.69) is 0 Å². The van der Waals surface area contributed by atoms with Gasteiger partial charge in [-0.1, -0.05) is 0 Å². The van der Waals surface area contributed by atoms with Crippen LogP contribution in [0.4, 0.5) is 0 Å². The van der Waals surface area contributed by atoms with Crippen molar-refractivity contribution < 1.29 is 34.8 Å². The van der Waals surface area contributed by atoms with Crippen LogP contribution in [0.2, 0.25) is 0 Å². The fourth-order valence-electron chi connectivity index (χ4n) is 0.354. The van der Waals surface area contributed by atoms with Gasteiger partial charge in [-0.25, -0.2) is 0 Å². The first-order chi connectivity index (χ1) is 7.22. The van der Waals surface area contributed by atoms with Gasteiger partial charge in [0.1, 0.15) is 12.1 Å². The average molecular weight is 238 g/mol. The minimum Gasteiger partial charge on any atom is -0.481 e. The maximum atomic E-state index is 9.85. The first-order valence-corrected chi connectivity index (χ1v) is 4.01. The molecule has 0 bridgehead atoms. The molecule has 0 aliphatic rings. The van der Waals surface area contributed by atoms with Crippen molar-refractivity contribution in [1.82, 2.24) is 0 Å². The van der Waals surface area contributed by atoms with Crippen molar-refractivity contribution in [1.29, 1.82) is 0 Å². The molecule has 8 N–H and O–H groups in total. The van der Waals surface area contributed by atoms with Crippen LogP contribution in [-0.2, 0) is 14.4 Å². The minimum atomic E-state index is -1.29. The van der Waals surface area contributed by atoms with Gasteiger partial charge in [-0.3, -0.25) is 14.4 Å². The first kappa shape index (κ1) is 16.7. The van der Waals surface area contributed by atoms with E-state index in [-0.39, 0.29) is 0 Å². The van der Waals surface area contributed by atoms with Crippen LogP contribution in [0.25, 0.3) is 0 Å². The van der Waals surface area contributed by atoms with Gasteiger partial charge in [-0.15, -0.1) is 0 Å². The van der Waals surface area contributed by atoms with Gasteiger partial charge in [0.25, 0.3) is 0 Å². The van der Waals surface area contributed by atoms with Crippen molar-refractivity contribution in [2.75, 3.05) is 6.61 Å². The van der Waals surface area contributed by atoms with Gasteiger partial charge >= 0.3 is 17.9 Å². The molecule has 9 nitrogen and oxygen atoms in total. The summed E-state index contributed by atoms with van der Waals surface area (Å²) < 4.78 is 0. The quantitative estimate of drug-likeness (QED) is 0.295. The molecule has 9 heteroatoms. The Balaban J connectivity index is 0. The highest BCUT2D eigenvalue weighted by molar-refractivity contribution is 5.80. The number of nitrogens with two attached hydrogens (primary N) is 2. The Kier molecular flexibility index (Phi) is 8.97. The maximum Gasteiger partial charge on any atom is 0.322 e. The van der Waals surface area contributed by atoms with Crippen LogP contribution >= 0.6 is 0 Å². The third kappa shape index (κ3) is 10.4. The van der Waals surface area contributed by atoms with Gasteiger partial charge in [0, 0.05) is 0 Å². The van der Waals surface area contributed by atoms with Crippen molar-refractivity contribution in [3.63, 3.8) is 0 Å². The summed E-state index contributed by atoms with van der Waals surface area (Å²) in [5, 5.41) is 31.9. The molecule has 0 aromatic heterocycles. The molecule has 0 saturated carbocycles. The molecule has 0 aromatic rings. The van der Waals surface area contributed by atoms with Gasteiger partial charge in [0.2, 0.25) is 0 Å². The molecule has 0 saturated heterocycles. The third-order valence-corrected chi connectivity index (χ3v) is 1.23. The van der Waals surface area contributed by atoms with E-state index in [0.29, 0.717) is 0 Å². The van der Waals surface area contributed by atoms with Crippen LogP contribution in [0, 0.1) is 0 Å². The Morgan fingerprint density at radius 3 is 1.38 bits per heavy atom. The zero-order chi connectivity index (χ0) is 13.3. The molecule has 0 heterocycles. The van der Waals surface area contributed by atoms with Crippen molar-refractivity contribution in [3.05, 3.63) is 0 Å². The molecule has 0 rings (SSSR count). The Morgan fingerprint density at radius 2 is 1.31 bits per heavy atom. The number of rotatable bonds is 5. The van der Waals surface area contributed by atoms with Gasteiger partial charge in [-0.05, 0) is 0 Å². The number of aliphatic hydroxyl groups is 1. The first-order valence-electron chi connectivity index (χ1n) is 4.01. The van der Waals surface area contributed by atoms with E-state index >= 15 is 0 Å². The molecule has 2 atom stereocenters. The number of hydrogen-bond acceptors (Lipinski definition) is 6. The number of aliphatic hydroxyl groups excluding tert-OH is 1. The second-order valence-corrected chi connectivity index (χ2v) is 2.67. The lowest BCUT2D eigenvalue weighted by atomic mass is 10.2. The van der Waals surface area contributed by atoms with Gasteiger partial charge in [-0.2, -0.15) is 0 Å². The van der Waals surface area contributed by atoms with Crippen LogP contribution in [0.5, 0.6) is 0 Å². The summed E-state index contributed by atoms with van der Waals surface area (Å²) in [5.74, 6) is -3.68. The van der Waals surface area contributed by atoms with Crippen LogP contribution in [0.3, 0.4) is 0 Å². The summed E-state index contributed by atoms with van der Waals surface area (Å²) in [4.78, 5) is 29.3. The van der Waals surface area contributed by atoms with Crippen molar-refractivity contribution in [2.45, 2.75) is 18.5 Å². The standard InChI is InChI=1S/C4H7NO4.C3H7NO3/c5-2(4(8)9)1-3(6)7;4-2(1-5)3(6)7/h2H,1,5H2,(H,6,7)(H,8,9);2,5H,1,4H2,(H,6,7)/t2*2-/m10/s1. The lowest BCUT2D eigenvalue weighted by Crippen LogP contribution is -2.33. The highest BCUT2D eigenvalue weighted by atomic mass is 16.4. The zero-order valence-corrected chi connectivity index (χ0v) is 8.24. The Morgan fingerprint density at radius 1 is 0.938 bits per heavy atom. The molecule has 0 radical (unpaired) electrons. The smallest absolute Gasteiger partial charge is 0.322 e. The Hall–Kier alpha value is -1.71. The lowest BCUT2D eigenvalue weighted by molar-refractivity contribution is -0.144. The summed E-state index contributed by atoms with van der Waals surface area (Å²) in [5.41, 5.74) is 9.60. The summed E-state index contributed by atoms with van der Waals surface area (Å²) >= 11 is 0. The molecule has 0 aliphatic carbocycles. The van der Waals surface area contributed by atoms with E-state index in [1.54, 1.807) is 0 Å². The monoisotopic (exact) mass is 238 g/mol. The predicted molar refractivity (Wildman–Crippen MR) is 50.6 cm³/mol. The average Bonchev–Trinajstić information content (AvgIpc) is 2.16. The predicted octanol–water partition coefficient (Wildman–Crippen LogP) is -2.74. The van der Waals surface area contributed by atoms with E-state index in [0.717, 1.165) is 0 Å². The summed E-state index contributed by atoms with van der Waals surface area (Å²) in [7, 11) is 0. The summed E-state index contributed by atoms with van der Waals surface area (Å²) in [6.45, 7) is -0.505. The fraction of sp³-hybridized carbons (Fsp3) is 0.571. The Labute approximate surface area is 90.3 Å². The van der Waals surface area contributed by atoms with Gasteiger partial charge in [0.05, 0.1) is 13.0 Å². The molecule has 0 unspecified atom stereocenters. The van der Waals surface area contributed by atoms with E-state index in [4.69, 9.17) is 31.9 Å². The van der Waals surface area contributed by atoms with Crippen LogP contribution in [0.1, 0.15) is 6.42 Å². The molecule has 16 heavy (non-hydrogen) atoms. The van der Waals surface area contributed by atoms with E-state index in [9.17, 15) is 14.4 Å². The zero-order valence-electron chi connectivity index (χ0n) is 8.24. The minimum absolute atomic E-state index is 0.505. The molecular weight excluding hydrogens is 224 g/mol. The lowest BCUT2D eigenvalue weighted by Gasteiger charge is -1.99. The molecule has 94 valence electrons. The van der Waals surface area contributed by atoms with Crippen molar-refractivity contribution in [2.24, 2.45) is 11.5 Å². The molecular formula is C7H14N2O7. The SMILES string of the molecule is N[C@@H](CO)C(=O)O.N[C@H](CC(=O)O)C(=O)O. The second-order valence-electron chi connectivity index (χ2n) is 2.67. The van der Waals surface area contributed by atoms with E-state index in [1.807, 2.05) is 0 Å². The Bertz CT molecular complexity index is 255. The largest absolute Gasteiger partial charge is 0.481 e. The molecule has 0 aliphatic heterocycles. The molecule has 0 aromatic carbocycles. The highest BCUT2D eigenvalue weighted by Gasteiger charge is 2.14. The van der Waals surface area contributed by atoms with E-state index in [1.165, 1.54) is 0 Å². The number of carbonyl (C=O) groups is 3. The summed E-state index contributed by atoms with van der Waals surface area (Å²) in [6, 6.07) is -2.41. The van der Waals surface area contributed by atoms with Crippen LogP contribution < -0.4 is 11.5 Å². The van der Waals surface area contributed by atoms with E-state index < -0.39 is 43.0 Å².